The molecule has 2 aliphatic rings. The summed E-state index contributed by atoms with van der Waals surface area (Å²) >= 11 is 2.06. The number of nitro groups is 1. The summed E-state index contributed by atoms with van der Waals surface area (Å²) in [5, 5.41) is 14.5. The predicted molar refractivity (Wildman–Crippen MR) is 91.8 cm³/mol. The lowest BCUT2D eigenvalue weighted by molar-refractivity contribution is -0.385. The van der Waals surface area contributed by atoms with Gasteiger partial charge >= 0.3 is 0 Å². The van der Waals surface area contributed by atoms with Crippen molar-refractivity contribution in [2.24, 2.45) is 5.41 Å². The fourth-order valence-electron chi connectivity index (χ4n) is 3.65. The van der Waals surface area contributed by atoms with Crippen molar-refractivity contribution < 1.29 is 4.92 Å². The summed E-state index contributed by atoms with van der Waals surface area (Å²) < 4.78 is 0.719. The third-order valence-corrected chi connectivity index (χ3v) is 5.58. The van der Waals surface area contributed by atoms with Crippen LogP contribution in [0.4, 0.5) is 11.4 Å². The van der Waals surface area contributed by atoms with E-state index >= 15 is 0 Å². The highest BCUT2D eigenvalue weighted by Crippen LogP contribution is 2.38. The lowest BCUT2D eigenvalue weighted by Gasteiger charge is -2.46. The molecule has 1 atom stereocenters. The van der Waals surface area contributed by atoms with E-state index in [4.69, 9.17) is 0 Å². The Bertz CT molecular complexity index is 538. The Morgan fingerprint density at radius 3 is 2.81 bits per heavy atom. The average molecular weight is 401 g/mol. The summed E-state index contributed by atoms with van der Waals surface area (Å²) in [7, 11) is 0. The maximum absolute atomic E-state index is 10.9. The van der Waals surface area contributed by atoms with E-state index in [-0.39, 0.29) is 10.6 Å². The molecule has 21 heavy (non-hydrogen) atoms. The molecule has 2 saturated heterocycles. The molecule has 0 saturated carbocycles. The molecule has 0 aliphatic carbocycles. The van der Waals surface area contributed by atoms with Gasteiger partial charge in [-0.25, -0.2) is 0 Å². The van der Waals surface area contributed by atoms with Gasteiger partial charge in [0.1, 0.15) is 0 Å². The third kappa shape index (κ3) is 3.15. The van der Waals surface area contributed by atoms with Gasteiger partial charge in [0.05, 0.1) is 8.49 Å². The van der Waals surface area contributed by atoms with Crippen LogP contribution in [0.2, 0.25) is 0 Å². The highest BCUT2D eigenvalue weighted by molar-refractivity contribution is 14.1. The molecular weight excluding hydrogens is 381 g/mol. The molecule has 5 nitrogen and oxygen atoms in total. The second kappa shape index (κ2) is 6.08. The van der Waals surface area contributed by atoms with Crippen LogP contribution in [0.25, 0.3) is 0 Å². The number of nitrogens with zero attached hydrogens (tertiary/aromatic N) is 2. The van der Waals surface area contributed by atoms with E-state index in [1.165, 1.54) is 25.7 Å². The summed E-state index contributed by atoms with van der Waals surface area (Å²) in [6.07, 6.45) is 5.04. The summed E-state index contributed by atoms with van der Waals surface area (Å²) in [5.74, 6) is 0. The molecule has 2 aliphatic heterocycles. The molecule has 0 radical (unpaired) electrons. The topological polar surface area (TPSA) is 58.4 Å². The van der Waals surface area contributed by atoms with Crippen LogP contribution in [0, 0.1) is 19.1 Å². The van der Waals surface area contributed by atoms with Crippen molar-refractivity contribution in [3.8, 4) is 0 Å². The van der Waals surface area contributed by atoms with Gasteiger partial charge in [0.15, 0.2) is 0 Å². The zero-order valence-corrected chi connectivity index (χ0v) is 14.1. The number of hydrogen-bond acceptors (Lipinski definition) is 4. The van der Waals surface area contributed by atoms with E-state index in [0.29, 0.717) is 5.41 Å². The molecule has 114 valence electrons. The average Bonchev–Trinajstić information content (AvgIpc) is 2.47. The summed E-state index contributed by atoms with van der Waals surface area (Å²) in [5.41, 5.74) is 1.71. The first kappa shape index (κ1) is 15.0. The molecule has 2 fully saturated rings. The standard InChI is InChI=1S/C15H20IN3O2/c16-13-9-12(3-4-14(13)19(20)21)18-8-2-6-15(11-18)5-1-7-17-10-15/h3-4,9,17H,1-2,5-8,10-11H2. The smallest absolute Gasteiger partial charge is 0.282 e. The lowest BCUT2D eigenvalue weighted by Crippen LogP contribution is -2.51. The summed E-state index contributed by atoms with van der Waals surface area (Å²) in [4.78, 5) is 13.0. The van der Waals surface area contributed by atoms with Crippen molar-refractivity contribution in [3.05, 3.63) is 31.9 Å². The number of rotatable bonds is 2. The van der Waals surface area contributed by atoms with Gasteiger partial charge in [-0.2, -0.15) is 0 Å². The van der Waals surface area contributed by atoms with Gasteiger partial charge in [0.2, 0.25) is 0 Å². The number of nitrogens with one attached hydrogen (secondary N) is 1. The van der Waals surface area contributed by atoms with Crippen molar-refractivity contribution in [2.45, 2.75) is 25.7 Å². The number of hydrogen-bond donors (Lipinski definition) is 1. The second-order valence-corrected chi connectivity index (χ2v) is 7.36. The summed E-state index contributed by atoms with van der Waals surface area (Å²) in [6, 6.07) is 5.49. The first-order valence-corrected chi connectivity index (χ1v) is 8.57. The fraction of sp³-hybridized carbons (Fsp3) is 0.600. The summed E-state index contributed by atoms with van der Waals surface area (Å²) in [6.45, 7) is 4.36. The van der Waals surface area contributed by atoms with Crippen molar-refractivity contribution in [1.82, 2.24) is 5.32 Å². The molecule has 0 amide bonds. The number of nitro benzene ring substituents is 1. The first-order chi connectivity index (χ1) is 10.1. The van der Waals surface area contributed by atoms with E-state index < -0.39 is 0 Å². The molecule has 3 rings (SSSR count). The quantitative estimate of drug-likeness (QED) is 0.470. The molecular formula is C15H20IN3O2. The third-order valence-electron chi connectivity index (χ3n) is 4.72. The molecule has 0 bridgehead atoms. The Labute approximate surface area is 138 Å². The van der Waals surface area contributed by atoms with Gasteiger partial charge in [-0.05, 0) is 67.0 Å². The molecule has 6 heteroatoms. The van der Waals surface area contributed by atoms with Gasteiger partial charge in [-0.3, -0.25) is 10.1 Å². The molecule has 1 unspecified atom stereocenters. The van der Waals surface area contributed by atoms with Crippen molar-refractivity contribution >= 4 is 34.0 Å². The zero-order valence-electron chi connectivity index (χ0n) is 12.0. The maximum Gasteiger partial charge on any atom is 0.282 e. The van der Waals surface area contributed by atoms with Crippen LogP contribution in [0.1, 0.15) is 25.7 Å². The molecule has 1 N–H and O–H groups in total. The highest BCUT2D eigenvalue weighted by atomic mass is 127. The van der Waals surface area contributed by atoms with Crippen LogP contribution in [-0.4, -0.2) is 31.1 Å². The van der Waals surface area contributed by atoms with Crippen molar-refractivity contribution in [2.75, 3.05) is 31.1 Å². The van der Waals surface area contributed by atoms with Gasteiger partial charge in [-0.1, -0.05) is 0 Å². The van der Waals surface area contributed by atoms with Crippen LogP contribution in [0.15, 0.2) is 18.2 Å². The molecule has 0 aromatic heterocycles. The Balaban J connectivity index is 1.80. The van der Waals surface area contributed by atoms with Crippen molar-refractivity contribution in [1.29, 1.82) is 0 Å². The minimum atomic E-state index is -0.311. The normalized spacial score (nSPS) is 26.0. The Kier molecular flexibility index (Phi) is 4.35. The monoisotopic (exact) mass is 401 g/mol. The lowest BCUT2D eigenvalue weighted by atomic mass is 9.74. The number of benzene rings is 1. The first-order valence-electron chi connectivity index (χ1n) is 7.49. The van der Waals surface area contributed by atoms with Crippen LogP contribution >= 0.6 is 22.6 Å². The van der Waals surface area contributed by atoms with E-state index in [1.54, 1.807) is 6.07 Å². The van der Waals surface area contributed by atoms with Gasteiger partial charge in [-0.15, -0.1) is 0 Å². The van der Waals surface area contributed by atoms with Gasteiger partial charge in [0.25, 0.3) is 5.69 Å². The molecule has 1 aromatic rings. The number of halogens is 1. The highest BCUT2D eigenvalue weighted by Gasteiger charge is 2.36. The van der Waals surface area contributed by atoms with Crippen LogP contribution in [0.5, 0.6) is 0 Å². The van der Waals surface area contributed by atoms with Crippen LogP contribution in [0.3, 0.4) is 0 Å². The number of anilines is 1. The number of piperidine rings is 2. The maximum atomic E-state index is 10.9. The fourth-order valence-corrected chi connectivity index (χ4v) is 4.34. The van der Waals surface area contributed by atoms with Gasteiger partial charge < -0.3 is 10.2 Å². The van der Waals surface area contributed by atoms with Gasteiger partial charge in [0, 0.05) is 36.8 Å². The van der Waals surface area contributed by atoms with E-state index in [0.717, 1.165) is 35.4 Å². The second-order valence-electron chi connectivity index (χ2n) is 6.20. The van der Waals surface area contributed by atoms with Crippen molar-refractivity contribution in [3.63, 3.8) is 0 Å². The molecule has 2 heterocycles. The predicted octanol–water partition coefficient (Wildman–Crippen LogP) is 3.17. The van der Waals surface area contributed by atoms with Crippen LogP contribution in [-0.2, 0) is 0 Å². The van der Waals surface area contributed by atoms with E-state index in [1.807, 2.05) is 12.1 Å². The Morgan fingerprint density at radius 2 is 2.14 bits per heavy atom. The Hall–Kier alpha value is -0.890. The van der Waals surface area contributed by atoms with Crippen LogP contribution < -0.4 is 10.2 Å². The minimum absolute atomic E-state index is 0.199. The van der Waals surface area contributed by atoms with E-state index in [9.17, 15) is 10.1 Å². The minimum Gasteiger partial charge on any atom is -0.371 e. The van der Waals surface area contributed by atoms with E-state index in [2.05, 4.69) is 32.8 Å². The largest absolute Gasteiger partial charge is 0.371 e. The molecule has 1 aromatic carbocycles. The SMILES string of the molecule is O=[N+]([O-])c1ccc(N2CCCC3(CCCNC3)C2)cc1I. The Morgan fingerprint density at radius 1 is 1.33 bits per heavy atom. The zero-order chi connectivity index (χ0) is 14.9. The molecule has 1 spiro atoms.